The average molecular weight is 533 g/mol. The lowest BCUT2D eigenvalue weighted by Crippen LogP contribution is -2.26. The number of ether oxygens (including phenoxy) is 1. The predicted molar refractivity (Wildman–Crippen MR) is 157 cm³/mol. The van der Waals surface area contributed by atoms with Crippen molar-refractivity contribution in [2.45, 2.75) is 85.1 Å². The maximum Gasteiger partial charge on any atom is 0.306 e. The van der Waals surface area contributed by atoms with Gasteiger partial charge in [0.2, 0.25) is 0 Å². The zero-order valence-corrected chi connectivity index (χ0v) is 24.2. The highest BCUT2D eigenvalue weighted by Gasteiger charge is 2.24. The van der Waals surface area contributed by atoms with Crippen LogP contribution in [0.5, 0.6) is 0 Å². The number of anilines is 2. The van der Waals surface area contributed by atoms with E-state index >= 15 is 0 Å². The van der Waals surface area contributed by atoms with Crippen LogP contribution < -0.4 is 16.6 Å². The first-order valence-corrected chi connectivity index (χ1v) is 14.2. The number of hydrogen-bond donors (Lipinski definition) is 2. The number of carbonyl (C=O) groups excluding carboxylic acids is 1. The molecule has 1 aliphatic rings. The van der Waals surface area contributed by atoms with Crippen LogP contribution in [-0.4, -0.2) is 34.4 Å². The number of rotatable bonds is 10. The van der Waals surface area contributed by atoms with E-state index < -0.39 is 0 Å². The molecule has 1 aliphatic carbocycles. The van der Waals surface area contributed by atoms with Crippen LogP contribution in [0.25, 0.3) is 0 Å². The van der Waals surface area contributed by atoms with Gasteiger partial charge in [0, 0.05) is 19.4 Å². The topological polar surface area (TPSA) is 112 Å². The van der Waals surface area contributed by atoms with E-state index in [-0.39, 0.29) is 18.3 Å². The smallest absolute Gasteiger partial charge is 0.306 e. The maximum absolute atomic E-state index is 12.7. The van der Waals surface area contributed by atoms with E-state index in [1.165, 1.54) is 42.7 Å². The number of aromatic nitrogens is 3. The molecule has 0 saturated heterocycles. The summed E-state index contributed by atoms with van der Waals surface area (Å²) < 4.78 is 7.37. The second-order valence-electron chi connectivity index (χ2n) is 11.0. The predicted octanol–water partition coefficient (Wildman–Crippen LogP) is 5.35. The summed E-state index contributed by atoms with van der Waals surface area (Å²) >= 11 is 0. The lowest BCUT2D eigenvalue weighted by molar-refractivity contribution is -0.143. The van der Waals surface area contributed by atoms with Crippen LogP contribution in [-0.2, 0) is 22.5 Å². The largest absolute Gasteiger partial charge is 0.466 e. The van der Waals surface area contributed by atoms with E-state index in [1.54, 1.807) is 7.05 Å². The van der Waals surface area contributed by atoms with Crippen molar-refractivity contribution in [3.05, 3.63) is 69.8 Å². The third-order valence-corrected chi connectivity index (χ3v) is 8.16. The first-order chi connectivity index (χ1) is 18.7. The summed E-state index contributed by atoms with van der Waals surface area (Å²) in [6.45, 7) is 8.93. The molecule has 4 N–H and O–H groups in total. The highest BCUT2D eigenvalue weighted by atomic mass is 16.5. The summed E-state index contributed by atoms with van der Waals surface area (Å²) in [6, 6.07) is 10.4. The van der Waals surface area contributed by atoms with Crippen molar-refractivity contribution in [2.24, 2.45) is 11.8 Å². The minimum absolute atomic E-state index is 0.207. The third kappa shape index (κ3) is 6.79. The second-order valence-corrected chi connectivity index (χ2v) is 11.0. The van der Waals surface area contributed by atoms with E-state index in [2.05, 4.69) is 25.1 Å². The van der Waals surface area contributed by atoms with E-state index in [4.69, 9.17) is 26.4 Å². The van der Waals surface area contributed by atoms with Crippen molar-refractivity contribution in [2.75, 3.05) is 24.4 Å². The maximum atomic E-state index is 12.7. The number of esters is 1. The van der Waals surface area contributed by atoms with Crippen molar-refractivity contribution in [3.63, 3.8) is 0 Å². The minimum atomic E-state index is -0.234. The molecule has 0 amide bonds. The number of benzene rings is 2. The van der Waals surface area contributed by atoms with Gasteiger partial charge in [0.1, 0.15) is 5.82 Å². The molecule has 8 heteroatoms. The van der Waals surface area contributed by atoms with Gasteiger partial charge in [-0.2, -0.15) is 5.10 Å². The van der Waals surface area contributed by atoms with Crippen molar-refractivity contribution >= 4 is 17.3 Å². The molecule has 210 valence electrons. The summed E-state index contributed by atoms with van der Waals surface area (Å²) in [7, 11) is 1.76. The van der Waals surface area contributed by atoms with Crippen LogP contribution in [0.2, 0.25) is 0 Å². The first kappa shape index (κ1) is 28.6. The van der Waals surface area contributed by atoms with Gasteiger partial charge in [0.15, 0.2) is 5.82 Å². The molecule has 0 radical (unpaired) electrons. The molecule has 39 heavy (non-hydrogen) atoms. The highest BCUT2D eigenvalue weighted by Crippen LogP contribution is 2.37. The summed E-state index contributed by atoms with van der Waals surface area (Å²) in [4.78, 5) is 17.5. The Morgan fingerprint density at radius 2 is 1.90 bits per heavy atom. The Kier molecular flexibility index (Phi) is 9.28. The van der Waals surface area contributed by atoms with E-state index in [1.807, 2.05) is 37.6 Å². The molecule has 1 unspecified atom stereocenters. The van der Waals surface area contributed by atoms with Gasteiger partial charge in [-0.3, -0.25) is 4.79 Å². The number of aryl methyl sites for hydroxylation is 2. The summed E-state index contributed by atoms with van der Waals surface area (Å²) in [5.74, 6) is 8.12. The molecule has 4 rings (SSSR count). The molecule has 1 fully saturated rings. The molecule has 2 aromatic carbocycles. The standard InChI is InChI=1S/C31H44N6O2/c1-6-39-30(38)18-27(26-14-15-28(36(5)33)31(32)21(26)3)24-13-12-20(2)25(17-24)19-37-22(4)34-29(35-37)16-23-10-8-7-9-11-23/h12-15,17,23,27H,6-11,16,18-19,32-33H2,1-5H3. The summed E-state index contributed by atoms with van der Waals surface area (Å²) in [5, 5.41) is 6.41. The van der Waals surface area contributed by atoms with E-state index in [9.17, 15) is 4.79 Å². The Bertz CT molecular complexity index is 1290. The number of nitrogens with two attached hydrogens (primary N) is 2. The Hall–Kier alpha value is -3.39. The van der Waals surface area contributed by atoms with Gasteiger partial charge in [-0.1, -0.05) is 56.4 Å². The van der Waals surface area contributed by atoms with Gasteiger partial charge in [-0.25, -0.2) is 15.5 Å². The first-order valence-electron chi connectivity index (χ1n) is 14.2. The normalized spacial score (nSPS) is 14.8. The molecule has 8 nitrogen and oxygen atoms in total. The lowest BCUT2D eigenvalue weighted by atomic mass is 9.84. The molecule has 3 aromatic rings. The molecule has 0 aliphatic heterocycles. The number of hydrazine groups is 1. The molecule has 1 saturated carbocycles. The SMILES string of the molecule is CCOC(=O)CC(c1ccc(C)c(Cn2nc(CC3CCCCC3)nc2C)c1)c1ccc(N(C)N)c(N)c1C. The highest BCUT2D eigenvalue weighted by molar-refractivity contribution is 5.75. The lowest BCUT2D eigenvalue weighted by Gasteiger charge is -2.24. The third-order valence-electron chi connectivity index (χ3n) is 8.16. The molecule has 1 heterocycles. The van der Waals surface area contributed by atoms with Crippen LogP contribution in [0.3, 0.4) is 0 Å². The molecular weight excluding hydrogens is 488 g/mol. The Morgan fingerprint density at radius 3 is 2.59 bits per heavy atom. The monoisotopic (exact) mass is 532 g/mol. The number of hydrogen-bond acceptors (Lipinski definition) is 7. The van der Waals surface area contributed by atoms with Crippen LogP contribution in [0, 0.1) is 26.7 Å². The van der Waals surface area contributed by atoms with Gasteiger partial charge in [-0.15, -0.1) is 0 Å². The van der Waals surface area contributed by atoms with Crippen molar-refractivity contribution in [1.29, 1.82) is 0 Å². The van der Waals surface area contributed by atoms with Crippen LogP contribution >= 0.6 is 0 Å². The molecule has 1 atom stereocenters. The fourth-order valence-electron chi connectivity index (χ4n) is 5.81. The van der Waals surface area contributed by atoms with Gasteiger partial charge < -0.3 is 15.5 Å². The van der Waals surface area contributed by atoms with Gasteiger partial charge in [0.05, 0.1) is 30.9 Å². The fourth-order valence-corrected chi connectivity index (χ4v) is 5.81. The number of nitrogens with zero attached hydrogens (tertiary/aromatic N) is 4. The van der Waals surface area contributed by atoms with E-state index in [0.29, 0.717) is 24.8 Å². The average Bonchev–Trinajstić information content (AvgIpc) is 3.24. The zero-order chi connectivity index (χ0) is 28.1. The fraction of sp³-hybridized carbons (Fsp3) is 0.516. The van der Waals surface area contributed by atoms with Crippen molar-refractivity contribution in [3.8, 4) is 0 Å². The van der Waals surface area contributed by atoms with Gasteiger partial charge in [0.25, 0.3) is 0 Å². The van der Waals surface area contributed by atoms with Crippen LogP contribution in [0.15, 0.2) is 30.3 Å². The number of carbonyl (C=O) groups is 1. The molecule has 0 bridgehead atoms. The van der Waals surface area contributed by atoms with Crippen molar-refractivity contribution < 1.29 is 9.53 Å². The molecule has 1 aromatic heterocycles. The zero-order valence-electron chi connectivity index (χ0n) is 24.2. The summed E-state index contributed by atoms with van der Waals surface area (Å²) in [6.07, 6.45) is 7.74. The Labute approximate surface area is 232 Å². The van der Waals surface area contributed by atoms with Crippen molar-refractivity contribution in [1.82, 2.24) is 14.8 Å². The molecular formula is C31H44N6O2. The quantitative estimate of drug-likeness (QED) is 0.157. The Morgan fingerprint density at radius 1 is 1.15 bits per heavy atom. The second kappa shape index (κ2) is 12.6. The number of nitrogen functional groups attached to an aromatic ring is 1. The van der Waals surface area contributed by atoms with E-state index in [0.717, 1.165) is 46.0 Å². The Balaban J connectivity index is 1.65. The van der Waals surface area contributed by atoms with Gasteiger partial charge in [-0.05, 0) is 67.5 Å². The summed E-state index contributed by atoms with van der Waals surface area (Å²) in [5.41, 5.74) is 13.1. The van der Waals surface area contributed by atoms with Gasteiger partial charge >= 0.3 is 5.97 Å². The minimum Gasteiger partial charge on any atom is -0.466 e. The molecule has 0 spiro atoms. The van der Waals surface area contributed by atoms with Crippen LogP contribution in [0.1, 0.15) is 90.8 Å². The van der Waals surface area contributed by atoms with Crippen LogP contribution in [0.4, 0.5) is 11.4 Å².